The maximum Gasteiger partial charge on any atom is 0.408 e. The third-order valence-electron chi connectivity index (χ3n) is 1.97. The molecule has 0 spiro atoms. The number of nitrogens with two attached hydrogens (primary N) is 1. The number of rotatable bonds is 4. The Labute approximate surface area is 93.6 Å². The first-order chi connectivity index (χ1) is 7.59. The molecule has 2 amide bonds. The van der Waals surface area contributed by atoms with Gasteiger partial charge in [0.2, 0.25) is 5.91 Å². The predicted molar refractivity (Wildman–Crippen MR) is 58.4 cm³/mol. The van der Waals surface area contributed by atoms with Crippen LogP contribution in [0.15, 0.2) is 30.3 Å². The number of hydrogen-bond donors (Lipinski definition) is 2. The van der Waals surface area contributed by atoms with Gasteiger partial charge >= 0.3 is 6.09 Å². The molecule has 0 heterocycles. The van der Waals surface area contributed by atoms with Crippen molar-refractivity contribution >= 4 is 12.0 Å². The summed E-state index contributed by atoms with van der Waals surface area (Å²) in [5.41, 5.74) is 5.86. The molecular formula is C11H14N2O3. The summed E-state index contributed by atoms with van der Waals surface area (Å²) < 4.78 is 4.89. The van der Waals surface area contributed by atoms with Crippen molar-refractivity contribution in [2.75, 3.05) is 0 Å². The van der Waals surface area contributed by atoms with Crippen molar-refractivity contribution in [1.29, 1.82) is 0 Å². The van der Waals surface area contributed by atoms with Crippen molar-refractivity contribution in [2.24, 2.45) is 5.73 Å². The maximum atomic E-state index is 11.2. The average molecular weight is 222 g/mol. The minimum atomic E-state index is -0.733. The van der Waals surface area contributed by atoms with E-state index < -0.39 is 18.0 Å². The topological polar surface area (TPSA) is 81.4 Å². The van der Waals surface area contributed by atoms with Crippen molar-refractivity contribution in [3.05, 3.63) is 35.9 Å². The van der Waals surface area contributed by atoms with Crippen LogP contribution in [0.5, 0.6) is 0 Å². The molecule has 0 radical (unpaired) electrons. The fourth-order valence-corrected chi connectivity index (χ4v) is 1.01. The van der Waals surface area contributed by atoms with Gasteiger partial charge in [0.1, 0.15) is 12.6 Å². The number of carbonyl (C=O) groups is 2. The number of alkyl carbamates (subject to hydrolysis) is 1. The zero-order valence-corrected chi connectivity index (χ0v) is 8.97. The van der Waals surface area contributed by atoms with E-state index in [0.29, 0.717) is 0 Å². The number of nitrogens with one attached hydrogen (secondary N) is 1. The number of benzene rings is 1. The van der Waals surface area contributed by atoms with Gasteiger partial charge in [-0.3, -0.25) is 4.79 Å². The van der Waals surface area contributed by atoms with Crippen molar-refractivity contribution < 1.29 is 14.3 Å². The molecule has 0 saturated carbocycles. The second kappa shape index (κ2) is 5.75. The Morgan fingerprint density at radius 1 is 1.38 bits per heavy atom. The highest BCUT2D eigenvalue weighted by molar-refractivity contribution is 5.83. The lowest BCUT2D eigenvalue weighted by Crippen LogP contribution is -2.42. The van der Waals surface area contributed by atoms with Gasteiger partial charge in [0.05, 0.1) is 0 Å². The number of primary amides is 1. The Morgan fingerprint density at radius 3 is 2.56 bits per heavy atom. The van der Waals surface area contributed by atoms with Gasteiger partial charge in [0.15, 0.2) is 0 Å². The van der Waals surface area contributed by atoms with Gasteiger partial charge in [-0.1, -0.05) is 30.3 Å². The summed E-state index contributed by atoms with van der Waals surface area (Å²) in [5.74, 6) is -0.600. The van der Waals surface area contributed by atoms with E-state index in [2.05, 4.69) is 5.32 Å². The molecule has 5 nitrogen and oxygen atoms in total. The van der Waals surface area contributed by atoms with Gasteiger partial charge in [-0.25, -0.2) is 4.79 Å². The number of hydrogen-bond acceptors (Lipinski definition) is 3. The van der Waals surface area contributed by atoms with Crippen LogP contribution in [0, 0.1) is 0 Å². The minimum absolute atomic E-state index is 0.165. The molecule has 5 heteroatoms. The van der Waals surface area contributed by atoms with Crippen molar-refractivity contribution in [3.8, 4) is 0 Å². The summed E-state index contributed by atoms with van der Waals surface area (Å²) in [6.07, 6.45) is -0.657. The molecule has 0 unspecified atom stereocenters. The van der Waals surface area contributed by atoms with Crippen molar-refractivity contribution in [1.82, 2.24) is 5.32 Å². The lowest BCUT2D eigenvalue weighted by molar-refractivity contribution is -0.119. The second-order valence-corrected chi connectivity index (χ2v) is 3.33. The highest BCUT2D eigenvalue weighted by Crippen LogP contribution is 2.00. The molecule has 1 atom stereocenters. The SMILES string of the molecule is C[C@H](NC(=O)OCc1ccccc1)C(N)=O. The van der Waals surface area contributed by atoms with Crippen molar-refractivity contribution in [3.63, 3.8) is 0 Å². The standard InChI is InChI=1S/C11H14N2O3/c1-8(10(12)14)13-11(15)16-7-9-5-3-2-4-6-9/h2-6,8H,7H2,1H3,(H2,12,14)(H,13,15)/t8-/m0/s1. The number of carbonyl (C=O) groups excluding carboxylic acids is 2. The maximum absolute atomic E-state index is 11.2. The smallest absolute Gasteiger partial charge is 0.408 e. The van der Waals surface area contributed by atoms with E-state index in [1.165, 1.54) is 6.92 Å². The second-order valence-electron chi connectivity index (χ2n) is 3.33. The first-order valence-electron chi connectivity index (χ1n) is 4.86. The Balaban J connectivity index is 2.33. The summed E-state index contributed by atoms with van der Waals surface area (Å²) in [6, 6.07) is 8.52. The third kappa shape index (κ3) is 4.00. The fraction of sp³-hybridized carbons (Fsp3) is 0.273. The summed E-state index contributed by atoms with van der Waals surface area (Å²) in [4.78, 5) is 21.9. The van der Waals surface area contributed by atoms with E-state index in [9.17, 15) is 9.59 Å². The van der Waals surface area contributed by atoms with Crippen LogP contribution in [0.2, 0.25) is 0 Å². The average Bonchev–Trinajstić information content (AvgIpc) is 2.27. The predicted octanol–water partition coefficient (Wildman–Crippen LogP) is 0.787. The molecule has 16 heavy (non-hydrogen) atoms. The zero-order valence-electron chi connectivity index (χ0n) is 8.97. The van der Waals surface area contributed by atoms with E-state index >= 15 is 0 Å². The molecule has 0 aromatic heterocycles. The van der Waals surface area contributed by atoms with Crippen molar-refractivity contribution in [2.45, 2.75) is 19.6 Å². The third-order valence-corrected chi connectivity index (χ3v) is 1.97. The van der Waals surface area contributed by atoms with Gasteiger partial charge in [-0.2, -0.15) is 0 Å². The Kier molecular flexibility index (Phi) is 4.32. The number of ether oxygens (including phenoxy) is 1. The first kappa shape index (κ1) is 12.0. The lowest BCUT2D eigenvalue weighted by atomic mass is 10.2. The van der Waals surface area contributed by atoms with Crippen LogP contribution in [0.25, 0.3) is 0 Å². The molecule has 0 saturated heterocycles. The van der Waals surface area contributed by atoms with Gasteiger partial charge in [0.25, 0.3) is 0 Å². The van der Waals surface area contributed by atoms with Gasteiger partial charge in [-0.15, -0.1) is 0 Å². The van der Waals surface area contributed by atoms with Crippen LogP contribution in [-0.4, -0.2) is 18.0 Å². The van der Waals surface area contributed by atoms with E-state index in [1.807, 2.05) is 30.3 Å². The quantitative estimate of drug-likeness (QED) is 0.790. The van der Waals surface area contributed by atoms with Crippen LogP contribution < -0.4 is 11.1 Å². The zero-order chi connectivity index (χ0) is 12.0. The molecule has 1 aromatic carbocycles. The van der Waals surface area contributed by atoms with E-state index in [4.69, 9.17) is 10.5 Å². The Hall–Kier alpha value is -2.04. The first-order valence-corrected chi connectivity index (χ1v) is 4.86. The molecular weight excluding hydrogens is 208 g/mol. The molecule has 0 aliphatic carbocycles. The highest BCUT2D eigenvalue weighted by atomic mass is 16.5. The molecule has 1 rings (SSSR count). The molecule has 3 N–H and O–H groups in total. The fourth-order valence-electron chi connectivity index (χ4n) is 1.01. The molecule has 0 aliphatic heterocycles. The van der Waals surface area contributed by atoms with Crippen LogP contribution >= 0.6 is 0 Å². The minimum Gasteiger partial charge on any atom is -0.445 e. The van der Waals surface area contributed by atoms with Gasteiger partial charge in [0, 0.05) is 0 Å². The molecule has 0 bridgehead atoms. The summed E-state index contributed by atoms with van der Waals surface area (Å²) in [5, 5.41) is 2.31. The van der Waals surface area contributed by atoms with Crippen LogP contribution in [0.1, 0.15) is 12.5 Å². The van der Waals surface area contributed by atoms with Gasteiger partial charge in [-0.05, 0) is 12.5 Å². The monoisotopic (exact) mass is 222 g/mol. The van der Waals surface area contributed by atoms with E-state index in [-0.39, 0.29) is 6.61 Å². The van der Waals surface area contributed by atoms with Crippen LogP contribution in [0.3, 0.4) is 0 Å². The largest absolute Gasteiger partial charge is 0.445 e. The Morgan fingerprint density at radius 2 is 2.00 bits per heavy atom. The van der Waals surface area contributed by atoms with Crippen LogP contribution in [-0.2, 0) is 16.1 Å². The lowest BCUT2D eigenvalue weighted by Gasteiger charge is -2.10. The Bertz CT molecular complexity index is 365. The summed E-state index contributed by atoms with van der Waals surface area (Å²) in [7, 11) is 0. The molecule has 0 aliphatic rings. The summed E-state index contributed by atoms with van der Waals surface area (Å²) >= 11 is 0. The number of amides is 2. The molecule has 1 aromatic rings. The molecule has 86 valence electrons. The highest BCUT2D eigenvalue weighted by Gasteiger charge is 2.12. The van der Waals surface area contributed by atoms with E-state index in [0.717, 1.165) is 5.56 Å². The van der Waals surface area contributed by atoms with Crippen LogP contribution in [0.4, 0.5) is 4.79 Å². The van der Waals surface area contributed by atoms with E-state index in [1.54, 1.807) is 0 Å². The normalized spacial score (nSPS) is 11.6. The summed E-state index contributed by atoms with van der Waals surface area (Å²) in [6.45, 7) is 1.66. The molecule has 0 fully saturated rings. The van der Waals surface area contributed by atoms with Gasteiger partial charge < -0.3 is 15.8 Å².